The van der Waals surface area contributed by atoms with E-state index in [9.17, 15) is 27.9 Å². The maximum Gasteiger partial charge on any atom is 0.434 e. The molecule has 0 atom stereocenters. The Morgan fingerprint density at radius 3 is 2.31 bits per heavy atom. The number of carboxylic acids is 1. The van der Waals surface area contributed by atoms with Crippen molar-refractivity contribution in [2.24, 2.45) is 5.92 Å². The van der Waals surface area contributed by atoms with Gasteiger partial charge in [-0.2, -0.15) is 18.3 Å². The summed E-state index contributed by atoms with van der Waals surface area (Å²) in [4.78, 5) is 29.7. The Balaban J connectivity index is 1.36. The second-order valence-corrected chi connectivity index (χ2v) is 11.0. The topological polar surface area (TPSA) is 97.6 Å². The summed E-state index contributed by atoms with van der Waals surface area (Å²) in [5.74, 6) is -3.65. The summed E-state index contributed by atoms with van der Waals surface area (Å²) in [7, 11) is 0. The van der Waals surface area contributed by atoms with Gasteiger partial charge in [0, 0.05) is 24.6 Å². The number of rotatable bonds is 8. The molecule has 236 valence electrons. The van der Waals surface area contributed by atoms with Crippen molar-refractivity contribution in [2.45, 2.75) is 45.4 Å². The van der Waals surface area contributed by atoms with Gasteiger partial charge in [-0.05, 0) is 60.7 Å². The van der Waals surface area contributed by atoms with Gasteiger partial charge in [0.1, 0.15) is 29.6 Å². The summed E-state index contributed by atoms with van der Waals surface area (Å²) in [6.07, 6.45) is -3.25. The van der Waals surface area contributed by atoms with Gasteiger partial charge in [-0.15, -0.1) is 0 Å². The van der Waals surface area contributed by atoms with Gasteiger partial charge in [-0.3, -0.25) is 4.79 Å². The largest absolute Gasteiger partial charge is 0.488 e. The van der Waals surface area contributed by atoms with Gasteiger partial charge in [0.15, 0.2) is 11.5 Å². The van der Waals surface area contributed by atoms with Crippen molar-refractivity contribution in [1.29, 1.82) is 0 Å². The summed E-state index contributed by atoms with van der Waals surface area (Å²) >= 11 is 0. The monoisotopic (exact) mass is 628 g/mol. The maximum atomic E-state index is 15.2. The molecule has 3 heterocycles. The van der Waals surface area contributed by atoms with E-state index in [2.05, 4.69) is 10.1 Å². The van der Waals surface area contributed by atoms with Gasteiger partial charge in [0.25, 0.3) is 0 Å². The van der Waals surface area contributed by atoms with Crippen LogP contribution in [0.15, 0.2) is 60.8 Å². The fourth-order valence-corrected chi connectivity index (χ4v) is 5.39. The van der Waals surface area contributed by atoms with Crippen LogP contribution < -0.4 is 4.74 Å². The number of carbonyl (C=O) groups excluding carboxylic acids is 1. The molecular formula is C32H29F5N4O4. The Morgan fingerprint density at radius 1 is 1.02 bits per heavy atom. The van der Waals surface area contributed by atoms with Gasteiger partial charge >= 0.3 is 12.1 Å². The molecule has 0 spiro atoms. The zero-order valence-electron chi connectivity index (χ0n) is 24.3. The zero-order chi connectivity index (χ0) is 32.5. The van der Waals surface area contributed by atoms with Crippen LogP contribution in [0.1, 0.15) is 59.8 Å². The molecule has 1 amide bonds. The van der Waals surface area contributed by atoms with Crippen molar-refractivity contribution in [3.8, 4) is 22.8 Å². The number of carbonyl (C=O) groups is 2. The molecule has 1 aliphatic rings. The Labute approximate surface area is 255 Å². The predicted octanol–water partition coefficient (Wildman–Crippen LogP) is 6.87. The van der Waals surface area contributed by atoms with Crippen molar-refractivity contribution in [3.63, 3.8) is 0 Å². The fourth-order valence-electron chi connectivity index (χ4n) is 5.39. The molecule has 5 rings (SSSR count). The first-order valence-electron chi connectivity index (χ1n) is 14.2. The third-order valence-electron chi connectivity index (χ3n) is 7.69. The molecule has 0 unspecified atom stereocenters. The first-order valence-corrected chi connectivity index (χ1v) is 14.2. The lowest BCUT2D eigenvalue weighted by Gasteiger charge is -2.33. The van der Waals surface area contributed by atoms with Crippen LogP contribution in [0.25, 0.3) is 17.1 Å². The summed E-state index contributed by atoms with van der Waals surface area (Å²) < 4.78 is 77.9. The van der Waals surface area contributed by atoms with Crippen LogP contribution in [0.4, 0.5) is 22.0 Å². The van der Waals surface area contributed by atoms with Crippen LogP contribution in [-0.4, -0.2) is 49.7 Å². The summed E-state index contributed by atoms with van der Waals surface area (Å²) in [6, 6.07) is 13.1. The number of hydrogen-bond donors (Lipinski definition) is 1. The maximum absolute atomic E-state index is 15.2. The van der Waals surface area contributed by atoms with Gasteiger partial charge in [0.05, 0.1) is 17.5 Å². The van der Waals surface area contributed by atoms with Crippen molar-refractivity contribution in [2.75, 3.05) is 13.1 Å². The molecule has 1 saturated heterocycles. The third kappa shape index (κ3) is 6.66. The Morgan fingerprint density at radius 2 is 1.69 bits per heavy atom. The van der Waals surface area contributed by atoms with E-state index in [-0.39, 0.29) is 40.6 Å². The zero-order valence-corrected chi connectivity index (χ0v) is 24.3. The van der Waals surface area contributed by atoms with Crippen molar-refractivity contribution < 1.29 is 41.4 Å². The minimum Gasteiger partial charge on any atom is -0.488 e. The lowest BCUT2D eigenvalue weighted by atomic mass is 9.88. The Hall–Kier alpha value is -4.81. The van der Waals surface area contributed by atoms with Gasteiger partial charge in [0.2, 0.25) is 5.91 Å². The Bertz CT molecular complexity index is 1710. The number of benzene rings is 2. The highest BCUT2D eigenvalue weighted by atomic mass is 19.4. The second-order valence-electron chi connectivity index (χ2n) is 11.0. The molecule has 4 aromatic rings. The number of aromatic nitrogens is 3. The number of likely N-dealkylation sites (tertiary alicyclic amines) is 1. The average molecular weight is 629 g/mol. The van der Waals surface area contributed by atoms with Crippen LogP contribution in [0.2, 0.25) is 0 Å². The predicted molar refractivity (Wildman–Crippen MR) is 153 cm³/mol. The molecule has 1 fully saturated rings. The van der Waals surface area contributed by atoms with Crippen LogP contribution in [0, 0.1) is 17.6 Å². The van der Waals surface area contributed by atoms with E-state index < -0.39 is 41.6 Å². The fraction of sp³-hybridized carbons (Fsp3) is 0.312. The lowest BCUT2D eigenvalue weighted by molar-refractivity contribution is -0.143. The SMILES string of the molecule is CC(C)C(=O)N1CCC(c2cc(F)c(COc3ccccc3-c3cccc(-n4ncc(C(=O)O)c4C(F)(F)F)n3)c(F)c2)CC1. The van der Waals surface area contributed by atoms with E-state index in [1.54, 1.807) is 23.1 Å². The number of ether oxygens (including phenoxy) is 1. The van der Waals surface area contributed by atoms with Gasteiger partial charge in [-0.25, -0.2) is 23.2 Å². The highest BCUT2D eigenvalue weighted by Crippen LogP contribution is 2.35. The van der Waals surface area contributed by atoms with Crippen LogP contribution in [0.3, 0.4) is 0 Å². The van der Waals surface area contributed by atoms with Crippen LogP contribution in [-0.2, 0) is 17.6 Å². The average Bonchev–Trinajstić information content (AvgIpc) is 3.47. The van der Waals surface area contributed by atoms with Crippen molar-refractivity contribution in [3.05, 3.63) is 94.8 Å². The molecule has 2 aromatic heterocycles. The number of alkyl halides is 3. The summed E-state index contributed by atoms with van der Waals surface area (Å²) in [6.45, 7) is 4.22. The molecule has 13 heteroatoms. The highest BCUT2D eigenvalue weighted by Gasteiger charge is 2.41. The summed E-state index contributed by atoms with van der Waals surface area (Å²) in [5, 5.41) is 12.8. The molecule has 0 saturated carbocycles. The van der Waals surface area contributed by atoms with E-state index in [4.69, 9.17) is 4.74 Å². The second kappa shape index (κ2) is 12.7. The number of aromatic carboxylic acids is 1. The van der Waals surface area contributed by atoms with E-state index in [1.165, 1.54) is 36.4 Å². The molecule has 45 heavy (non-hydrogen) atoms. The first-order chi connectivity index (χ1) is 21.3. The Kier molecular flexibility index (Phi) is 8.89. The number of amides is 1. The molecule has 0 aliphatic carbocycles. The smallest absolute Gasteiger partial charge is 0.434 e. The third-order valence-corrected chi connectivity index (χ3v) is 7.69. The number of para-hydroxylation sites is 1. The molecular weight excluding hydrogens is 599 g/mol. The molecule has 0 radical (unpaired) electrons. The van der Waals surface area contributed by atoms with E-state index in [0.29, 0.717) is 47.9 Å². The standard InChI is InChI=1S/C32H29F5N4O4/c1-18(2)30(42)40-12-10-19(11-13-40)20-14-24(33)23(25(34)15-20)17-45-27-8-4-3-6-21(27)26-7-5-9-28(39-26)41-29(32(35,36)37)22(16-38-41)31(43)44/h3-9,14-16,18-19H,10-13,17H2,1-2H3,(H,43,44). The quantitative estimate of drug-likeness (QED) is 0.214. The number of piperidine rings is 1. The summed E-state index contributed by atoms with van der Waals surface area (Å²) in [5.41, 5.74) is -1.83. The molecule has 2 aromatic carbocycles. The lowest BCUT2D eigenvalue weighted by Crippen LogP contribution is -2.40. The molecule has 1 aliphatic heterocycles. The first kappa shape index (κ1) is 31.6. The van der Waals surface area contributed by atoms with Gasteiger partial charge in [-0.1, -0.05) is 32.0 Å². The van der Waals surface area contributed by atoms with E-state index in [1.807, 2.05) is 13.8 Å². The molecule has 1 N–H and O–H groups in total. The van der Waals surface area contributed by atoms with Crippen molar-refractivity contribution >= 4 is 11.9 Å². The van der Waals surface area contributed by atoms with Crippen molar-refractivity contribution in [1.82, 2.24) is 19.7 Å². The van der Waals surface area contributed by atoms with Crippen LogP contribution >= 0.6 is 0 Å². The minimum atomic E-state index is -5.03. The number of halogens is 5. The molecule has 0 bridgehead atoms. The van der Waals surface area contributed by atoms with Gasteiger partial charge < -0.3 is 14.7 Å². The van der Waals surface area contributed by atoms with E-state index in [0.717, 1.165) is 0 Å². The van der Waals surface area contributed by atoms with E-state index >= 15 is 8.78 Å². The number of hydrogen-bond acceptors (Lipinski definition) is 5. The number of nitrogens with zero attached hydrogens (tertiary/aromatic N) is 4. The minimum absolute atomic E-state index is 0.0558. The highest BCUT2D eigenvalue weighted by molar-refractivity contribution is 5.89. The van der Waals surface area contributed by atoms with Crippen LogP contribution in [0.5, 0.6) is 5.75 Å². The number of carboxylic acid groups (broad SMARTS) is 1. The normalized spacial score (nSPS) is 14.2. The number of pyridine rings is 1. The molecule has 8 nitrogen and oxygen atoms in total.